The van der Waals surface area contributed by atoms with Crippen molar-refractivity contribution in [2.45, 2.75) is 45.2 Å². The second-order valence-corrected chi connectivity index (χ2v) is 4.49. The van der Waals surface area contributed by atoms with Crippen molar-refractivity contribution < 1.29 is 4.74 Å². The van der Waals surface area contributed by atoms with Crippen molar-refractivity contribution in [2.24, 2.45) is 0 Å². The van der Waals surface area contributed by atoms with E-state index in [1.807, 2.05) is 0 Å². The van der Waals surface area contributed by atoms with Gasteiger partial charge >= 0.3 is 0 Å². The van der Waals surface area contributed by atoms with Gasteiger partial charge in [-0.25, -0.2) is 0 Å². The lowest BCUT2D eigenvalue weighted by molar-refractivity contribution is 0.125. The van der Waals surface area contributed by atoms with Crippen LogP contribution in [-0.2, 0) is 4.74 Å². The van der Waals surface area contributed by atoms with Gasteiger partial charge in [-0.15, -0.1) is 0 Å². The molecule has 3 heteroatoms. The molecule has 1 N–H and O–H groups in total. The van der Waals surface area contributed by atoms with Crippen molar-refractivity contribution in [3.63, 3.8) is 0 Å². The molecule has 0 aromatic carbocycles. The third-order valence-electron chi connectivity index (χ3n) is 3.18. The molecule has 0 aromatic heterocycles. The first kappa shape index (κ1) is 12.9. The topological polar surface area (TPSA) is 24.5 Å². The van der Waals surface area contributed by atoms with E-state index in [9.17, 15) is 0 Å². The van der Waals surface area contributed by atoms with E-state index in [1.165, 1.54) is 19.3 Å². The molecule has 0 spiro atoms. The maximum Gasteiger partial charge on any atom is 0.0589 e. The van der Waals surface area contributed by atoms with Gasteiger partial charge in [0.25, 0.3) is 0 Å². The van der Waals surface area contributed by atoms with E-state index in [0.29, 0.717) is 6.04 Å². The Morgan fingerprint density at radius 1 is 1.47 bits per heavy atom. The van der Waals surface area contributed by atoms with Crippen molar-refractivity contribution in [2.75, 3.05) is 33.4 Å². The van der Waals surface area contributed by atoms with Crippen molar-refractivity contribution in [3.8, 4) is 0 Å². The Balaban J connectivity index is 2.07. The van der Waals surface area contributed by atoms with Crippen molar-refractivity contribution in [3.05, 3.63) is 0 Å². The van der Waals surface area contributed by atoms with Crippen LogP contribution in [0.3, 0.4) is 0 Å². The summed E-state index contributed by atoms with van der Waals surface area (Å²) in [5, 5.41) is 3.56. The van der Waals surface area contributed by atoms with Crippen LogP contribution in [0.25, 0.3) is 0 Å². The number of hydrogen-bond acceptors (Lipinski definition) is 3. The molecule has 0 saturated heterocycles. The molecule has 0 bridgehead atoms. The molecule has 1 saturated carbocycles. The number of hydrogen-bond donors (Lipinski definition) is 1. The Morgan fingerprint density at radius 2 is 2.20 bits per heavy atom. The Hall–Kier alpha value is -0.120. The molecule has 0 aliphatic heterocycles. The standard InChI is InChI=1S/C12H26N2O/c1-4-14(9-10-15-3)11(2)7-8-13-12-5-6-12/h11-13H,4-10H2,1-3H3. The summed E-state index contributed by atoms with van der Waals surface area (Å²) in [4.78, 5) is 2.48. The SMILES string of the molecule is CCN(CCOC)C(C)CCNC1CC1. The second-order valence-electron chi connectivity index (χ2n) is 4.49. The highest BCUT2D eigenvalue weighted by Crippen LogP contribution is 2.18. The van der Waals surface area contributed by atoms with E-state index in [4.69, 9.17) is 4.74 Å². The predicted octanol–water partition coefficient (Wildman–Crippen LogP) is 1.49. The molecule has 1 aliphatic carbocycles. The minimum atomic E-state index is 0.663. The number of methoxy groups -OCH3 is 1. The predicted molar refractivity (Wildman–Crippen MR) is 64.2 cm³/mol. The van der Waals surface area contributed by atoms with Crippen LogP contribution in [0.4, 0.5) is 0 Å². The lowest BCUT2D eigenvalue weighted by Crippen LogP contribution is -2.37. The van der Waals surface area contributed by atoms with Gasteiger partial charge in [-0.2, -0.15) is 0 Å². The molecule has 3 nitrogen and oxygen atoms in total. The summed E-state index contributed by atoms with van der Waals surface area (Å²) in [5.74, 6) is 0. The van der Waals surface area contributed by atoms with E-state index in [0.717, 1.165) is 32.3 Å². The fraction of sp³-hybridized carbons (Fsp3) is 1.00. The summed E-state index contributed by atoms with van der Waals surface area (Å²) in [5.41, 5.74) is 0. The van der Waals surface area contributed by atoms with Gasteiger partial charge in [-0.05, 0) is 39.3 Å². The number of likely N-dealkylation sites (N-methyl/N-ethyl adjacent to an activating group) is 1. The molecule has 90 valence electrons. The van der Waals surface area contributed by atoms with Crippen molar-refractivity contribution in [1.82, 2.24) is 10.2 Å². The summed E-state index contributed by atoms with van der Waals surface area (Å²) in [6, 6.07) is 1.50. The van der Waals surface area contributed by atoms with Gasteiger partial charge in [0.15, 0.2) is 0 Å². The summed E-state index contributed by atoms with van der Waals surface area (Å²) < 4.78 is 5.12. The number of ether oxygens (including phenoxy) is 1. The van der Waals surface area contributed by atoms with Crippen LogP contribution in [0.15, 0.2) is 0 Å². The highest BCUT2D eigenvalue weighted by molar-refractivity contribution is 4.81. The van der Waals surface area contributed by atoms with Gasteiger partial charge in [0.05, 0.1) is 6.61 Å². The number of nitrogens with one attached hydrogen (secondary N) is 1. The zero-order valence-electron chi connectivity index (χ0n) is 10.5. The Kier molecular flexibility index (Phi) is 6.22. The molecular formula is C12H26N2O. The van der Waals surface area contributed by atoms with Gasteiger partial charge < -0.3 is 10.1 Å². The molecule has 0 heterocycles. The van der Waals surface area contributed by atoms with Crippen LogP contribution in [0.1, 0.15) is 33.1 Å². The van der Waals surface area contributed by atoms with Gasteiger partial charge in [0.2, 0.25) is 0 Å². The first-order valence-electron chi connectivity index (χ1n) is 6.24. The molecule has 15 heavy (non-hydrogen) atoms. The largest absolute Gasteiger partial charge is 0.383 e. The molecule has 0 aromatic rings. The minimum Gasteiger partial charge on any atom is -0.383 e. The first-order valence-corrected chi connectivity index (χ1v) is 6.24. The molecule has 1 rings (SSSR count). The Bertz CT molecular complexity index is 160. The van der Waals surface area contributed by atoms with Crippen LogP contribution < -0.4 is 5.32 Å². The van der Waals surface area contributed by atoms with E-state index in [-0.39, 0.29) is 0 Å². The molecule has 1 unspecified atom stereocenters. The summed E-state index contributed by atoms with van der Waals surface area (Å²) in [6.45, 7) is 8.71. The first-order chi connectivity index (χ1) is 7.27. The number of rotatable bonds is 9. The van der Waals surface area contributed by atoms with Crippen LogP contribution in [0.5, 0.6) is 0 Å². The molecular weight excluding hydrogens is 188 g/mol. The smallest absolute Gasteiger partial charge is 0.0589 e. The van der Waals surface area contributed by atoms with E-state index in [2.05, 4.69) is 24.1 Å². The Labute approximate surface area is 94.2 Å². The van der Waals surface area contributed by atoms with Crippen LogP contribution in [-0.4, -0.2) is 50.3 Å². The minimum absolute atomic E-state index is 0.663. The maximum atomic E-state index is 5.12. The Morgan fingerprint density at radius 3 is 2.73 bits per heavy atom. The van der Waals surface area contributed by atoms with Gasteiger partial charge in [0.1, 0.15) is 0 Å². The zero-order chi connectivity index (χ0) is 11.1. The highest BCUT2D eigenvalue weighted by atomic mass is 16.5. The normalized spacial score (nSPS) is 18.4. The van der Waals surface area contributed by atoms with Crippen LogP contribution in [0.2, 0.25) is 0 Å². The fourth-order valence-electron chi connectivity index (χ4n) is 1.87. The lowest BCUT2D eigenvalue weighted by Gasteiger charge is -2.27. The zero-order valence-corrected chi connectivity index (χ0v) is 10.5. The summed E-state index contributed by atoms with van der Waals surface area (Å²) in [6.07, 6.45) is 4.01. The molecule has 1 aliphatic rings. The van der Waals surface area contributed by atoms with Gasteiger partial charge in [-0.1, -0.05) is 6.92 Å². The maximum absolute atomic E-state index is 5.12. The van der Waals surface area contributed by atoms with Crippen LogP contribution in [0, 0.1) is 0 Å². The highest BCUT2D eigenvalue weighted by Gasteiger charge is 2.20. The summed E-state index contributed by atoms with van der Waals surface area (Å²) >= 11 is 0. The average molecular weight is 214 g/mol. The molecule has 0 amide bonds. The fourth-order valence-corrected chi connectivity index (χ4v) is 1.87. The molecule has 0 radical (unpaired) electrons. The van der Waals surface area contributed by atoms with E-state index in [1.54, 1.807) is 7.11 Å². The monoisotopic (exact) mass is 214 g/mol. The van der Waals surface area contributed by atoms with Gasteiger partial charge in [0, 0.05) is 25.7 Å². The lowest BCUT2D eigenvalue weighted by atomic mass is 10.2. The average Bonchev–Trinajstić information content (AvgIpc) is 3.03. The third kappa shape index (κ3) is 5.50. The quantitative estimate of drug-likeness (QED) is 0.629. The van der Waals surface area contributed by atoms with Crippen LogP contribution >= 0.6 is 0 Å². The third-order valence-corrected chi connectivity index (χ3v) is 3.18. The van der Waals surface area contributed by atoms with E-state index >= 15 is 0 Å². The van der Waals surface area contributed by atoms with Crippen molar-refractivity contribution in [1.29, 1.82) is 0 Å². The van der Waals surface area contributed by atoms with Gasteiger partial charge in [-0.3, -0.25) is 4.90 Å². The van der Waals surface area contributed by atoms with E-state index < -0.39 is 0 Å². The number of nitrogens with zero attached hydrogens (tertiary/aromatic N) is 1. The second kappa shape index (κ2) is 7.20. The van der Waals surface area contributed by atoms with Crippen molar-refractivity contribution >= 4 is 0 Å². The molecule has 1 fully saturated rings. The molecule has 1 atom stereocenters. The summed E-state index contributed by atoms with van der Waals surface area (Å²) in [7, 11) is 1.77.